The number of rotatable bonds is 6. The summed E-state index contributed by atoms with van der Waals surface area (Å²) in [5.41, 5.74) is 3.92. The number of anilines is 2. The van der Waals surface area contributed by atoms with Crippen LogP contribution in [0.15, 0.2) is 45.9 Å². The van der Waals surface area contributed by atoms with Crippen LogP contribution in [0.25, 0.3) is 11.6 Å². The van der Waals surface area contributed by atoms with Crippen molar-refractivity contribution in [1.29, 1.82) is 0 Å². The number of hydrogen-bond donors (Lipinski definition) is 2. The van der Waals surface area contributed by atoms with E-state index in [0.29, 0.717) is 23.6 Å². The van der Waals surface area contributed by atoms with Crippen LogP contribution in [0.2, 0.25) is 0 Å². The molecule has 194 valence electrons. The van der Waals surface area contributed by atoms with Gasteiger partial charge in [0.05, 0.1) is 26.4 Å². The van der Waals surface area contributed by atoms with Crippen LogP contribution < -0.4 is 5.32 Å². The molecule has 1 aromatic carbocycles. The molecule has 1 saturated heterocycles. The molecular formula is C29H28N4O5. The number of morpholine rings is 1. The molecular weight excluding hydrogens is 484 g/mol. The van der Waals surface area contributed by atoms with Crippen molar-refractivity contribution in [2.45, 2.75) is 13.8 Å². The maximum atomic E-state index is 12.7. The zero-order valence-corrected chi connectivity index (χ0v) is 21.3. The van der Waals surface area contributed by atoms with Crippen LogP contribution in [0.4, 0.5) is 17.4 Å². The molecule has 0 unspecified atom stereocenters. The highest BCUT2D eigenvalue weighted by atomic mass is 16.5. The van der Waals surface area contributed by atoms with Crippen molar-refractivity contribution >= 4 is 41.2 Å². The summed E-state index contributed by atoms with van der Waals surface area (Å²) in [6.45, 7) is 7.76. The summed E-state index contributed by atoms with van der Waals surface area (Å²) in [5, 5.41) is 14.1. The number of aromatic hydroxyl groups is 1. The maximum Gasteiger partial charge on any atom is 0.347 e. The van der Waals surface area contributed by atoms with E-state index in [1.54, 1.807) is 31.5 Å². The third kappa shape index (κ3) is 5.47. The van der Waals surface area contributed by atoms with Gasteiger partial charge in [-0.25, -0.2) is 14.8 Å². The Bertz CT molecular complexity index is 1470. The lowest BCUT2D eigenvalue weighted by Gasteiger charge is -2.24. The Hall–Kier alpha value is -4.39. The third-order valence-electron chi connectivity index (χ3n) is 6.21. The molecule has 0 radical (unpaired) electrons. The minimum atomic E-state index is -0.689. The van der Waals surface area contributed by atoms with Gasteiger partial charge in [0.1, 0.15) is 0 Å². The predicted octanol–water partition coefficient (Wildman–Crippen LogP) is 4.55. The summed E-state index contributed by atoms with van der Waals surface area (Å²) in [4.78, 5) is 23.5. The van der Waals surface area contributed by atoms with E-state index in [-0.39, 0.29) is 29.6 Å². The van der Waals surface area contributed by atoms with Gasteiger partial charge >= 0.3 is 5.97 Å². The average molecular weight is 513 g/mol. The van der Waals surface area contributed by atoms with Crippen LogP contribution in [0.5, 0.6) is 5.75 Å². The van der Waals surface area contributed by atoms with Crippen molar-refractivity contribution < 1.29 is 23.8 Å². The minimum Gasteiger partial charge on any atom is -0.504 e. The third-order valence-corrected chi connectivity index (χ3v) is 6.21. The van der Waals surface area contributed by atoms with Crippen LogP contribution >= 0.6 is 0 Å². The Kier molecular flexibility index (Phi) is 7.54. The van der Waals surface area contributed by atoms with Gasteiger partial charge < -0.3 is 24.3 Å². The second-order valence-electron chi connectivity index (χ2n) is 8.82. The molecule has 38 heavy (non-hydrogen) atoms. The smallest absolute Gasteiger partial charge is 0.347 e. The van der Waals surface area contributed by atoms with Gasteiger partial charge in [-0.1, -0.05) is 11.8 Å². The first-order valence-electron chi connectivity index (χ1n) is 12.4. The number of pyridine rings is 1. The number of nitrogens with zero attached hydrogens (tertiary/aromatic N) is 3. The lowest BCUT2D eigenvalue weighted by Crippen LogP contribution is -2.36. The molecule has 9 heteroatoms. The SMILES string of the molecule is CCOC(=O)c1c(Nc2ccc(C#CCN3CCOCC3)cc2C)oc(C=C2C=Nc3ncccc32)c1O. The number of fused-ring (bicyclic) bond motifs is 1. The lowest BCUT2D eigenvalue weighted by molar-refractivity contribution is 0.0443. The van der Waals surface area contributed by atoms with Crippen molar-refractivity contribution in [1.82, 2.24) is 9.88 Å². The van der Waals surface area contributed by atoms with E-state index in [2.05, 4.69) is 32.0 Å². The van der Waals surface area contributed by atoms with Gasteiger partial charge in [0, 0.05) is 47.9 Å². The second-order valence-corrected chi connectivity index (χ2v) is 8.82. The van der Waals surface area contributed by atoms with Crippen molar-refractivity contribution in [3.05, 3.63) is 64.5 Å². The average Bonchev–Trinajstić information content (AvgIpc) is 3.47. The van der Waals surface area contributed by atoms with E-state index in [1.165, 1.54) is 0 Å². The normalized spacial score (nSPS) is 15.7. The number of aromatic nitrogens is 1. The fourth-order valence-electron chi connectivity index (χ4n) is 4.22. The van der Waals surface area contributed by atoms with Crippen molar-refractivity contribution in [2.24, 2.45) is 4.99 Å². The summed E-state index contributed by atoms with van der Waals surface area (Å²) in [7, 11) is 0. The number of aryl methyl sites for hydroxylation is 1. The molecule has 1 fully saturated rings. The Labute approximate surface area is 220 Å². The van der Waals surface area contributed by atoms with Gasteiger partial charge in [0.2, 0.25) is 5.88 Å². The Morgan fingerprint density at radius 1 is 1.29 bits per heavy atom. The summed E-state index contributed by atoms with van der Waals surface area (Å²) >= 11 is 0. The molecule has 0 atom stereocenters. The molecule has 3 aromatic rings. The summed E-state index contributed by atoms with van der Waals surface area (Å²) in [6.07, 6.45) is 4.92. The number of ether oxygens (including phenoxy) is 2. The number of esters is 1. The molecule has 9 nitrogen and oxygen atoms in total. The highest BCUT2D eigenvalue weighted by Crippen LogP contribution is 2.39. The van der Waals surface area contributed by atoms with E-state index < -0.39 is 5.97 Å². The fraction of sp³-hybridized carbons (Fsp3) is 0.276. The van der Waals surface area contributed by atoms with Crippen LogP contribution in [-0.4, -0.2) is 66.6 Å². The van der Waals surface area contributed by atoms with Crippen molar-refractivity contribution in [3.63, 3.8) is 0 Å². The number of furan rings is 1. The quantitative estimate of drug-likeness (QED) is 0.366. The highest BCUT2D eigenvalue weighted by molar-refractivity contribution is 6.21. The number of carbonyl (C=O) groups is 1. The van der Waals surface area contributed by atoms with E-state index in [9.17, 15) is 9.90 Å². The summed E-state index contributed by atoms with van der Waals surface area (Å²) < 4.78 is 16.5. The van der Waals surface area contributed by atoms with Crippen molar-refractivity contribution in [2.75, 3.05) is 44.8 Å². The van der Waals surface area contributed by atoms with E-state index >= 15 is 0 Å². The molecule has 2 aromatic heterocycles. The topological polar surface area (TPSA) is 109 Å². The van der Waals surface area contributed by atoms with E-state index in [0.717, 1.165) is 43.0 Å². The van der Waals surface area contributed by atoms with Gasteiger partial charge in [-0.2, -0.15) is 0 Å². The molecule has 2 aliphatic rings. The van der Waals surface area contributed by atoms with E-state index in [4.69, 9.17) is 13.9 Å². The molecule has 5 rings (SSSR count). The molecule has 2 N–H and O–H groups in total. The monoisotopic (exact) mass is 512 g/mol. The zero-order chi connectivity index (χ0) is 26.5. The first kappa shape index (κ1) is 25.3. The van der Waals surface area contributed by atoms with Crippen LogP contribution in [0.1, 0.15) is 39.7 Å². The van der Waals surface area contributed by atoms with Crippen LogP contribution in [-0.2, 0) is 9.47 Å². The number of aliphatic imine (C=N–C) groups is 1. The minimum absolute atomic E-state index is 0.0752. The van der Waals surface area contributed by atoms with Crippen molar-refractivity contribution in [3.8, 4) is 17.6 Å². The highest BCUT2D eigenvalue weighted by Gasteiger charge is 2.27. The van der Waals surface area contributed by atoms with Gasteiger partial charge in [0.15, 0.2) is 22.9 Å². The van der Waals surface area contributed by atoms with Gasteiger partial charge in [-0.3, -0.25) is 4.90 Å². The standard InChI is InChI=1S/C29H28N4O5/c1-3-37-29(35)25-26(34)24(17-21-18-31-27-22(21)7-4-10-30-27)38-28(25)32-23-9-8-20(16-19(23)2)6-5-11-33-12-14-36-15-13-33/h4,7-10,16-18,32,34H,3,11-15H2,1-2H3. The number of hydrogen-bond acceptors (Lipinski definition) is 9. The summed E-state index contributed by atoms with van der Waals surface area (Å²) in [6, 6.07) is 9.41. The molecule has 4 heterocycles. The summed E-state index contributed by atoms with van der Waals surface area (Å²) in [5.74, 6) is 6.21. The molecule has 0 bridgehead atoms. The molecule has 0 amide bonds. The number of allylic oxidation sites excluding steroid dienone is 1. The van der Waals surface area contributed by atoms with Crippen LogP contribution in [0.3, 0.4) is 0 Å². The Morgan fingerprint density at radius 3 is 2.92 bits per heavy atom. The Balaban J connectivity index is 1.40. The Morgan fingerprint density at radius 2 is 2.13 bits per heavy atom. The second kappa shape index (κ2) is 11.3. The fourth-order valence-corrected chi connectivity index (χ4v) is 4.22. The number of nitrogens with one attached hydrogen (secondary N) is 1. The number of benzene rings is 1. The molecule has 2 aliphatic heterocycles. The van der Waals surface area contributed by atoms with Crippen LogP contribution in [0, 0.1) is 18.8 Å². The molecule has 0 spiro atoms. The van der Waals surface area contributed by atoms with E-state index in [1.807, 2.05) is 31.2 Å². The lowest BCUT2D eigenvalue weighted by atomic mass is 10.1. The maximum absolute atomic E-state index is 12.7. The number of carbonyl (C=O) groups excluding carboxylic acids is 1. The molecule has 0 saturated carbocycles. The largest absolute Gasteiger partial charge is 0.504 e. The zero-order valence-electron chi connectivity index (χ0n) is 21.3. The first-order valence-corrected chi connectivity index (χ1v) is 12.4. The first-order chi connectivity index (χ1) is 18.5. The van der Waals surface area contributed by atoms with Gasteiger partial charge in [-0.15, -0.1) is 0 Å². The molecule has 0 aliphatic carbocycles. The van der Waals surface area contributed by atoms with Gasteiger partial charge in [0.25, 0.3) is 0 Å². The van der Waals surface area contributed by atoms with Gasteiger partial charge in [-0.05, 0) is 55.8 Å². The predicted molar refractivity (Wildman–Crippen MR) is 145 cm³/mol.